The molecule has 0 N–H and O–H groups in total. The summed E-state index contributed by atoms with van der Waals surface area (Å²) < 4.78 is 14.9. The van der Waals surface area contributed by atoms with Crippen LogP contribution in [-0.2, 0) is 7.05 Å². The third kappa shape index (κ3) is 3.22. The summed E-state index contributed by atoms with van der Waals surface area (Å²) in [6.45, 7) is 2.27. The Bertz CT molecular complexity index is 1200. The molecule has 30 heavy (non-hydrogen) atoms. The molecule has 1 saturated heterocycles. The molecule has 1 aliphatic carbocycles. The van der Waals surface area contributed by atoms with E-state index in [0.29, 0.717) is 48.6 Å². The van der Waals surface area contributed by atoms with Gasteiger partial charge in [-0.25, -0.2) is 14.1 Å². The lowest BCUT2D eigenvalue weighted by molar-refractivity contribution is 0.0740. The molecule has 5 rings (SSSR count). The number of fused-ring (bicyclic) bond motifs is 1. The molecule has 2 fully saturated rings. The Morgan fingerprint density at radius 1 is 1.10 bits per heavy atom. The normalized spacial score (nSPS) is 16.9. The zero-order valence-corrected chi connectivity index (χ0v) is 16.7. The molecule has 0 radical (unpaired) electrons. The first kappa shape index (κ1) is 18.7. The van der Waals surface area contributed by atoms with Gasteiger partial charge in [-0.05, 0) is 30.9 Å². The van der Waals surface area contributed by atoms with Crippen LogP contribution >= 0.6 is 0 Å². The molecule has 0 unspecified atom stereocenters. The molecule has 154 valence electrons. The fourth-order valence-electron chi connectivity index (χ4n) is 4.14. The standard InChI is InChI=1S/C22H22FN5O2/c1-26-21(29)17-5-3-2-4-16(17)19(25-26)22(30)28-10-8-27(9-11-28)20-18(14-6-7-14)12-15(23)13-24-20/h2-5,12-14H,6-11H2,1H3. The lowest BCUT2D eigenvalue weighted by atomic mass is 10.1. The number of benzene rings is 1. The van der Waals surface area contributed by atoms with Crippen molar-refractivity contribution in [2.75, 3.05) is 31.1 Å². The van der Waals surface area contributed by atoms with Crippen LogP contribution in [0.1, 0.15) is 34.8 Å². The van der Waals surface area contributed by atoms with Crippen LogP contribution in [0.15, 0.2) is 41.3 Å². The molecule has 8 heteroatoms. The van der Waals surface area contributed by atoms with Crippen molar-refractivity contribution >= 4 is 22.5 Å². The van der Waals surface area contributed by atoms with Crippen LogP contribution in [0.3, 0.4) is 0 Å². The van der Waals surface area contributed by atoms with Gasteiger partial charge in [-0.3, -0.25) is 9.59 Å². The maximum atomic E-state index is 13.7. The Hall–Kier alpha value is -3.29. The quantitative estimate of drug-likeness (QED) is 0.666. The first-order chi connectivity index (χ1) is 14.5. The molecule has 7 nitrogen and oxygen atoms in total. The first-order valence-corrected chi connectivity index (χ1v) is 10.2. The fraction of sp³-hybridized carbons (Fsp3) is 0.364. The van der Waals surface area contributed by atoms with Gasteiger partial charge in [0.05, 0.1) is 11.6 Å². The molecule has 1 amide bonds. The molecule has 2 aromatic heterocycles. The van der Waals surface area contributed by atoms with Crippen LogP contribution in [0.2, 0.25) is 0 Å². The summed E-state index contributed by atoms with van der Waals surface area (Å²) in [4.78, 5) is 33.8. The van der Waals surface area contributed by atoms with Crippen molar-refractivity contribution in [1.29, 1.82) is 0 Å². The largest absolute Gasteiger partial charge is 0.353 e. The molecule has 1 aromatic carbocycles. The van der Waals surface area contributed by atoms with Crippen molar-refractivity contribution < 1.29 is 9.18 Å². The van der Waals surface area contributed by atoms with Crippen LogP contribution in [0.5, 0.6) is 0 Å². The van der Waals surface area contributed by atoms with E-state index in [9.17, 15) is 14.0 Å². The van der Waals surface area contributed by atoms with Crippen molar-refractivity contribution in [3.8, 4) is 0 Å². The second-order valence-electron chi connectivity index (χ2n) is 7.94. The van der Waals surface area contributed by atoms with Gasteiger partial charge in [0.15, 0.2) is 5.69 Å². The van der Waals surface area contributed by atoms with Gasteiger partial charge in [-0.15, -0.1) is 0 Å². The van der Waals surface area contributed by atoms with E-state index in [-0.39, 0.29) is 17.3 Å². The number of piperazine rings is 1. The lowest BCUT2D eigenvalue weighted by Gasteiger charge is -2.36. The maximum absolute atomic E-state index is 13.7. The number of anilines is 1. The second-order valence-corrected chi connectivity index (χ2v) is 7.94. The Morgan fingerprint density at radius 2 is 1.80 bits per heavy atom. The molecule has 0 atom stereocenters. The van der Waals surface area contributed by atoms with Crippen LogP contribution in [0.25, 0.3) is 10.8 Å². The minimum atomic E-state index is -0.304. The smallest absolute Gasteiger partial charge is 0.275 e. The highest BCUT2D eigenvalue weighted by molar-refractivity contribution is 6.04. The predicted octanol–water partition coefficient (Wildman–Crippen LogP) is 2.31. The van der Waals surface area contributed by atoms with Crippen molar-refractivity contribution in [3.05, 3.63) is 64.0 Å². The van der Waals surface area contributed by atoms with Crippen LogP contribution in [0, 0.1) is 5.82 Å². The van der Waals surface area contributed by atoms with Gasteiger partial charge in [0.1, 0.15) is 11.6 Å². The average molecular weight is 407 g/mol. The summed E-state index contributed by atoms with van der Waals surface area (Å²) in [5, 5.41) is 5.31. The van der Waals surface area contributed by atoms with E-state index in [1.807, 2.05) is 0 Å². The number of pyridine rings is 1. The Morgan fingerprint density at radius 3 is 2.50 bits per heavy atom. The van der Waals surface area contributed by atoms with E-state index in [1.54, 1.807) is 42.3 Å². The number of aryl methyl sites for hydroxylation is 1. The zero-order chi connectivity index (χ0) is 20.8. The average Bonchev–Trinajstić information content (AvgIpc) is 3.61. The van der Waals surface area contributed by atoms with E-state index < -0.39 is 0 Å². The summed E-state index contributed by atoms with van der Waals surface area (Å²) in [7, 11) is 1.56. The van der Waals surface area contributed by atoms with Gasteiger partial charge in [0, 0.05) is 44.2 Å². The molecule has 1 aliphatic heterocycles. The van der Waals surface area contributed by atoms with Crippen molar-refractivity contribution in [3.63, 3.8) is 0 Å². The highest BCUT2D eigenvalue weighted by Gasteiger charge is 2.31. The summed E-state index contributed by atoms with van der Waals surface area (Å²) in [6.07, 6.45) is 3.41. The van der Waals surface area contributed by atoms with Gasteiger partial charge >= 0.3 is 0 Å². The van der Waals surface area contributed by atoms with Crippen molar-refractivity contribution in [2.45, 2.75) is 18.8 Å². The topological polar surface area (TPSA) is 71.3 Å². The molecular weight excluding hydrogens is 385 g/mol. The Kier molecular flexibility index (Phi) is 4.49. The Balaban J connectivity index is 1.38. The maximum Gasteiger partial charge on any atom is 0.275 e. The highest BCUT2D eigenvalue weighted by atomic mass is 19.1. The third-order valence-electron chi connectivity index (χ3n) is 5.90. The second kappa shape index (κ2) is 7.19. The Labute approximate surface area is 172 Å². The molecule has 0 spiro atoms. The molecular formula is C22H22FN5O2. The van der Waals surface area contributed by atoms with Gasteiger partial charge in [-0.2, -0.15) is 5.10 Å². The number of nitrogens with zero attached hydrogens (tertiary/aromatic N) is 5. The monoisotopic (exact) mass is 407 g/mol. The van der Waals surface area contributed by atoms with Gasteiger partial charge in [-0.1, -0.05) is 18.2 Å². The highest BCUT2D eigenvalue weighted by Crippen LogP contribution is 2.44. The van der Waals surface area contributed by atoms with Gasteiger partial charge in [0.2, 0.25) is 0 Å². The number of halogens is 1. The van der Waals surface area contributed by atoms with Crippen LogP contribution in [-0.4, -0.2) is 51.8 Å². The molecule has 0 bridgehead atoms. The van der Waals surface area contributed by atoms with E-state index in [1.165, 1.54) is 10.9 Å². The third-order valence-corrected chi connectivity index (χ3v) is 5.90. The van der Waals surface area contributed by atoms with E-state index in [4.69, 9.17) is 0 Å². The minimum absolute atomic E-state index is 0.184. The molecule has 2 aliphatic rings. The zero-order valence-electron chi connectivity index (χ0n) is 16.7. The number of hydrogen-bond donors (Lipinski definition) is 0. The molecule has 3 heterocycles. The lowest BCUT2D eigenvalue weighted by Crippen LogP contribution is -2.49. The number of carbonyl (C=O) groups excluding carboxylic acids is 1. The van der Waals surface area contributed by atoms with Gasteiger partial charge < -0.3 is 9.80 Å². The van der Waals surface area contributed by atoms with Crippen LogP contribution in [0.4, 0.5) is 10.2 Å². The summed E-state index contributed by atoms with van der Waals surface area (Å²) >= 11 is 0. The molecule has 3 aromatic rings. The van der Waals surface area contributed by atoms with Crippen molar-refractivity contribution in [1.82, 2.24) is 19.7 Å². The first-order valence-electron chi connectivity index (χ1n) is 10.2. The fourth-order valence-corrected chi connectivity index (χ4v) is 4.14. The number of rotatable bonds is 3. The SMILES string of the molecule is Cn1nc(C(=O)N2CCN(c3ncc(F)cc3C3CC3)CC2)c2ccccc2c1=O. The minimum Gasteiger partial charge on any atom is -0.353 e. The summed E-state index contributed by atoms with van der Waals surface area (Å²) in [5.41, 5.74) is 1.04. The number of amides is 1. The van der Waals surface area contributed by atoms with Crippen molar-refractivity contribution in [2.24, 2.45) is 7.05 Å². The predicted molar refractivity (Wildman–Crippen MR) is 111 cm³/mol. The summed E-state index contributed by atoms with van der Waals surface area (Å²) in [6, 6.07) is 8.66. The van der Waals surface area contributed by atoms with E-state index >= 15 is 0 Å². The van der Waals surface area contributed by atoms with Gasteiger partial charge in [0.25, 0.3) is 11.5 Å². The number of carbonyl (C=O) groups is 1. The summed E-state index contributed by atoms with van der Waals surface area (Å²) in [5.74, 6) is 0.735. The van der Waals surface area contributed by atoms with E-state index in [2.05, 4.69) is 15.0 Å². The van der Waals surface area contributed by atoms with Crippen LogP contribution < -0.4 is 10.5 Å². The number of hydrogen-bond acceptors (Lipinski definition) is 5. The molecule has 1 saturated carbocycles. The van der Waals surface area contributed by atoms with E-state index in [0.717, 1.165) is 24.2 Å². The number of aromatic nitrogens is 3.